The standard InChI is InChI=1S/C18H19N3O3/c1-12-5-4-8-19-17(12)20-18(23)13-9-16(22)21(11-13)14-6-3-7-15(10-14)24-2/h3-8,10,13H,9,11H2,1-2H3,(H,19,20,23)/t13-/m1/s1. The quantitative estimate of drug-likeness (QED) is 0.937. The minimum absolute atomic E-state index is 0.0684. The summed E-state index contributed by atoms with van der Waals surface area (Å²) in [5, 5.41) is 2.81. The number of hydrogen-bond donors (Lipinski definition) is 1. The average Bonchev–Trinajstić information content (AvgIpc) is 2.99. The molecule has 0 bridgehead atoms. The molecule has 0 radical (unpaired) electrons. The molecule has 0 saturated carbocycles. The summed E-state index contributed by atoms with van der Waals surface area (Å²) in [5.41, 5.74) is 1.63. The lowest BCUT2D eigenvalue weighted by molar-refractivity contribution is -0.122. The predicted octanol–water partition coefficient (Wildman–Crippen LogP) is 2.39. The van der Waals surface area contributed by atoms with Crippen molar-refractivity contribution in [1.29, 1.82) is 0 Å². The summed E-state index contributed by atoms with van der Waals surface area (Å²) in [4.78, 5) is 30.5. The Bertz CT molecular complexity index is 776. The van der Waals surface area contributed by atoms with Crippen molar-refractivity contribution in [2.45, 2.75) is 13.3 Å². The van der Waals surface area contributed by atoms with Crippen molar-refractivity contribution in [2.75, 3.05) is 23.9 Å². The van der Waals surface area contributed by atoms with Crippen molar-refractivity contribution in [3.05, 3.63) is 48.2 Å². The lowest BCUT2D eigenvalue weighted by Gasteiger charge is -2.17. The lowest BCUT2D eigenvalue weighted by atomic mass is 10.1. The molecule has 1 saturated heterocycles. The predicted molar refractivity (Wildman–Crippen MR) is 91.1 cm³/mol. The number of benzene rings is 1. The van der Waals surface area contributed by atoms with E-state index in [-0.39, 0.29) is 18.2 Å². The summed E-state index contributed by atoms with van der Waals surface area (Å²) < 4.78 is 5.19. The first-order valence-electron chi connectivity index (χ1n) is 7.75. The van der Waals surface area contributed by atoms with Crippen LogP contribution in [0.4, 0.5) is 11.5 Å². The normalized spacial score (nSPS) is 17.0. The maximum absolute atomic E-state index is 12.5. The molecule has 6 heteroatoms. The van der Waals surface area contributed by atoms with Crippen LogP contribution in [0.5, 0.6) is 5.75 Å². The molecule has 3 rings (SSSR count). The molecule has 2 amide bonds. The maximum Gasteiger partial charge on any atom is 0.230 e. The SMILES string of the molecule is COc1cccc(N2C[C@H](C(=O)Nc3ncccc3C)CC2=O)c1. The van der Waals surface area contributed by atoms with Crippen LogP contribution in [0.2, 0.25) is 0 Å². The van der Waals surface area contributed by atoms with Gasteiger partial charge in [-0.15, -0.1) is 0 Å². The third kappa shape index (κ3) is 3.22. The van der Waals surface area contributed by atoms with Crippen molar-refractivity contribution in [3.63, 3.8) is 0 Å². The number of anilines is 2. The summed E-state index contributed by atoms with van der Waals surface area (Å²) in [6, 6.07) is 11.0. The van der Waals surface area contributed by atoms with E-state index in [9.17, 15) is 9.59 Å². The number of amides is 2. The van der Waals surface area contributed by atoms with Crippen LogP contribution in [-0.2, 0) is 9.59 Å². The Kier molecular flexibility index (Phi) is 4.46. The molecule has 2 aromatic rings. The van der Waals surface area contributed by atoms with Gasteiger partial charge in [0.25, 0.3) is 0 Å². The molecule has 0 spiro atoms. The smallest absolute Gasteiger partial charge is 0.230 e. The first-order valence-corrected chi connectivity index (χ1v) is 7.75. The second-order valence-corrected chi connectivity index (χ2v) is 5.77. The highest BCUT2D eigenvalue weighted by Crippen LogP contribution is 2.28. The Morgan fingerprint density at radius 1 is 1.33 bits per heavy atom. The van der Waals surface area contributed by atoms with Crippen LogP contribution < -0.4 is 15.0 Å². The summed E-state index contributed by atoms with van der Waals surface area (Å²) >= 11 is 0. The maximum atomic E-state index is 12.5. The molecular formula is C18H19N3O3. The molecule has 1 fully saturated rings. The number of carbonyl (C=O) groups excluding carboxylic acids is 2. The molecule has 1 aromatic carbocycles. The molecule has 1 aromatic heterocycles. The Balaban J connectivity index is 1.72. The van der Waals surface area contributed by atoms with Gasteiger partial charge in [0, 0.05) is 30.9 Å². The zero-order valence-corrected chi connectivity index (χ0v) is 13.7. The minimum Gasteiger partial charge on any atom is -0.497 e. The third-order valence-corrected chi connectivity index (χ3v) is 4.11. The van der Waals surface area contributed by atoms with E-state index in [2.05, 4.69) is 10.3 Å². The van der Waals surface area contributed by atoms with E-state index in [0.717, 1.165) is 11.3 Å². The molecular weight excluding hydrogens is 306 g/mol. The van der Waals surface area contributed by atoms with Crippen LogP contribution in [0.15, 0.2) is 42.6 Å². The van der Waals surface area contributed by atoms with Gasteiger partial charge in [-0.05, 0) is 30.7 Å². The first kappa shape index (κ1) is 16.0. The second kappa shape index (κ2) is 6.70. The second-order valence-electron chi connectivity index (χ2n) is 5.77. The van der Waals surface area contributed by atoms with Gasteiger partial charge in [0.1, 0.15) is 11.6 Å². The minimum atomic E-state index is -0.398. The van der Waals surface area contributed by atoms with Crippen LogP contribution in [0.3, 0.4) is 0 Å². The fraction of sp³-hybridized carbons (Fsp3) is 0.278. The molecule has 1 aliphatic rings. The number of ether oxygens (including phenoxy) is 1. The fourth-order valence-corrected chi connectivity index (χ4v) is 2.75. The van der Waals surface area contributed by atoms with Gasteiger partial charge < -0.3 is 15.0 Å². The molecule has 2 heterocycles. The highest BCUT2D eigenvalue weighted by molar-refractivity contribution is 6.03. The zero-order valence-electron chi connectivity index (χ0n) is 13.7. The number of nitrogens with one attached hydrogen (secondary N) is 1. The molecule has 24 heavy (non-hydrogen) atoms. The van der Waals surface area contributed by atoms with E-state index < -0.39 is 5.92 Å². The van der Waals surface area contributed by atoms with Crippen molar-refractivity contribution in [3.8, 4) is 5.75 Å². The third-order valence-electron chi connectivity index (χ3n) is 4.11. The average molecular weight is 325 g/mol. The topological polar surface area (TPSA) is 71.5 Å². The molecule has 124 valence electrons. The molecule has 1 aliphatic heterocycles. The highest BCUT2D eigenvalue weighted by atomic mass is 16.5. The van der Waals surface area contributed by atoms with E-state index in [0.29, 0.717) is 18.1 Å². The van der Waals surface area contributed by atoms with Crippen molar-refractivity contribution >= 4 is 23.3 Å². The van der Waals surface area contributed by atoms with Gasteiger partial charge >= 0.3 is 0 Å². The number of nitrogens with zero attached hydrogens (tertiary/aromatic N) is 2. The van der Waals surface area contributed by atoms with E-state index in [1.54, 1.807) is 24.3 Å². The highest BCUT2D eigenvalue weighted by Gasteiger charge is 2.35. The zero-order chi connectivity index (χ0) is 17.1. The molecule has 0 unspecified atom stereocenters. The molecule has 1 atom stereocenters. The van der Waals surface area contributed by atoms with Crippen LogP contribution in [0.25, 0.3) is 0 Å². The van der Waals surface area contributed by atoms with Crippen molar-refractivity contribution < 1.29 is 14.3 Å². The molecule has 6 nitrogen and oxygen atoms in total. The van der Waals surface area contributed by atoms with Gasteiger partial charge in [0.2, 0.25) is 11.8 Å². The Labute approximate surface area is 140 Å². The van der Waals surface area contributed by atoms with E-state index >= 15 is 0 Å². The van der Waals surface area contributed by atoms with E-state index in [1.807, 2.05) is 37.3 Å². The number of aryl methyl sites for hydroxylation is 1. The van der Waals surface area contributed by atoms with Gasteiger partial charge in [0.15, 0.2) is 0 Å². The van der Waals surface area contributed by atoms with Crippen molar-refractivity contribution in [1.82, 2.24) is 4.98 Å². The monoisotopic (exact) mass is 325 g/mol. The van der Waals surface area contributed by atoms with E-state index in [1.165, 1.54) is 0 Å². The number of hydrogen-bond acceptors (Lipinski definition) is 4. The molecule has 1 N–H and O–H groups in total. The number of rotatable bonds is 4. The first-order chi connectivity index (χ1) is 11.6. The Morgan fingerprint density at radius 3 is 2.92 bits per heavy atom. The van der Waals surface area contributed by atoms with Gasteiger partial charge in [-0.2, -0.15) is 0 Å². The summed E-state index contributed by atoms with van der Waals surface area (Å²) in [6.07, 6.45) is 1.82. The van der Waals surface area contributed by atoms with Crippen LogP contribution >= 0.6 is 0 Å². The van der Waals surface area contributed by atoms with Gasteiger partial charge in [-0.3, -0.25) is 9.59 Å². The number of aromatic nitrogens is 1. The van der Waals surface area contributed by atoms with Gasteiger partial charge in [-0.25, -0.2) is 4.98 Å². The summed E-state index contributed by atoms with van der Waals surface area (Å²) in [7, 11) is 1.58. The van der Waals surface area contributed by atoms with E-state index in [4.69, 9.17) is 4.74 Å². The largest absolute Gasteiger partial charge is 0.497 e. The van der Waals surface area contributed by atoms with Crippen molar-refractivity contribution in [2.24, 2.45) is 5.92 Å². The molecule has 0 aliphatic carbocycles. The fourth-order valence-electron chi connectivity index (χ4n) is 2.75. The number of carbonyl (C=O) groups is 2. The summed E-state index contributed by atoms with van der Waals surface area (Å²) in [5.74, 6) is 0.564. The Morgan fingerprint density at radius 2 is 2.17 bits per heavy atom. The number of pyridine rings is 1. The van der Waals surface area contributed by atoms with Crippen LogP contribution in [-0.4, -0.2) is 30.5 Å². The van der Waals surface area contributed by atoms with Gasteiger partial charge in [0.05, 0.1) is 13.0 Å². The number of methoxy groups -OCH3 is 1. The Hall–Kier alpha value is -2.89. The lowest BCUT2D eigenvalue weighted by Crippen LogP contribution is -2.28. The van der Waals surface area contributed by atoms with Crippen LogP contribution in [0.1, 0.15) is 12.0 Å². The summed E-state index contributed by atoms with van der Waals surface area (Å²) in [6.45, 7) is 2.23. The van der Waals surface area contributed by atoms with Crippen LogP contribution in [0, 0.1) is 12.8 Å². The van der Waals surface area contributed by atoms with Gasteiger partial charge in [-0.1, -0.05) is 12.1 Å².